The summed E-state index contributed by atoms with van der Waals surface area (Å²) in [5.74, 6) is 1.44. The van der Waals surface area contributed by atoms with Crippen LogP contribution >= 0.6 is 11.3 Å². The first-order valence-electron chi connectivity index (χ1n) is 9.73. The topological polar surface area (TPSA) is 70.1 Å². The number of benzene rings is 2. The maximum Gasteiger partial charge on any atom is 0.264 e. The van der Waals surface area contributed by atoms with Crippen LogP contribution < -0.4 is 19.1 Å². The average molecular weight is 429 g/mol. The molecular formula is C22H24N2O5S. The van der Waals surface area contributed by atoms with Gasteiger partial charge in [0, 0.05) is 12.7 Å². The van der Waals surface area contributed by atoms with Crippen molar-refractivity contribution < 1.29 is 23.7 Å². The van der Waals surface area contributed by atoms with E-state index in [4.69, 9.17) is 23.9 Å². The Balaban J connectivity index is 1.76. The summed E-state index contributed by atoms with van der Waals surface area (Å²) in [5.41, 5.74) is 1.21. The lowest BCUT2D eigenvalue weighted by atomic mass is 10.1. The van der Waals surface area contributed by atoms with Gasteiger partial charge in [0.2, 0.25) is 0 Å². The molecule has 0 saturated carbocycles. The Morgan fingerprint density at radius 2 is 2.07 bits per heavy atom. The van der Waals surface area contributed by atoms with E-state index in [0.717, 1.165) is 28.8 Å². The van der Waals surface area contributed by atoms with Crippen LogP contribution in [0.1, 0.15) is 23.2 Å². The molecule has 0 aliphatic carbocycles. The summed E-state index contributed by atoms with van der Waals surface area (Å²) in [5, 5.41) is 0.614. The molecule has 3 aromatic rings. The van der Waals surface area contributed by atoms with Crippen molar-refractivity contribution in [2.75, 3.05) is 39.4 Å². The van der Waals surface area contributed by atoms with Gasteiger partial charge in [-0.05, 0) is 37.1 Å². The number of aromatic nitrogens is 1. The van der Waals surface area contributed by atoms with Gasteiger partial charge in [-0.1, -0.05) is 17.4 Å². The van der Waals surface area contributed by atoms with E-state index in [1.54, 1.807) is 37.3 Å². The van der Waals surface area contributed by atoms with E-state index in [0.29, 0.717) is 35.3 Å². The zero-order chi connectivity index (χ0) is 21.1. The molecule has 7 nitrogen and oxygen atoms in total. The van der Waals surface area contributed by atoms with Crippen molar-refractivity contribution in [2.45, 2.75) is 18.9 Å². The van der Waals surface area contributed by atoms with E-state index in [-0.39, 0.29) is 12.0 Å². The number of carbonyl (C=O) groups excluding carboxylic acids is 1. The number of rotatable bonds is 7. The molecule has 4 rings (SSSR count). The monoisotopic (exact) mass is 428 g/mol. The minimum Gasteiger partial charge on any atom is -0.497 e. The van der Waals surface area contributed by atoms with Gasteiger partial charge in [0.05, 0.1) is 49.8 Å². The molecular weight excluding hydrogens is 404 g/mol. The highest BCUT2D eigenvalue weighted by Crippen LogP contribution is 2.36. The first-order valence-corrected chi connectivity index (χ1v) is 10.5. The molecule has 1 fully saturated rings. The fraction of sp³-hybridized carbons (Fsp3) is 0.364. The van der Waals surface area contributed by atoms with E-state index in [9.17, 15) is 4.79 Å². The minimum absolute atomic E-state index is 0.0212. The smallest absolute Gasteiger partial charge is 0.264 e. The molecule has 0 radical (unpaired) electrons. The summed E-state index contributed by atoms with van der Waals surface area (Å²) < 4.78 is 23.0. The molecule has 158 valence electrons. The van der Waals surface area contributed by atoms with Gasteiger partial charge in [0.25, 0.3) is 5.91 Å². The summed E-state index contributed by atoms with van der Waals surface area (Å²) in [4.78, 5) is 20.1. The number of carbonyl (C=O) groups is 1. The Kier molecular flexibility index (Phi) is 6.06. The van der Waals surface area contributed by atoms with Crippen LogP contribution in [0.5, 0.6) is 17.2 Å². The number of amides is 1. The first kappa shape index (κ1) is 20.4. The predicted octanol–water partition coefficient (Wildman–Crippen LogP) is 4.15. The lowest BCUT2D eigenvalue weighted by Crippen LogP contribution is -2.37. The Morgan fingerprint density at radius 1 is 1.20 bits per heavy atom. The number of methoxy groups -OCH3 is 3. The molecule has 2 aromatic carbocycles. The molecule has 1 unspecified atom stereocenters. The largest absolute Gasteiger partial charge is 0.497 e. The number of hydrogen-bond acceptors (Lipinski definition) is 7. The van der Waals surface area contributed by atoms with Gasteiger partial charge < -0.3 is 18.9 Å². The van der Waals surface area contributed by atoms with Gasteiger partial charge in [-0.2, -0.15) is 0 Å². The number of nitrogens with zero attached hydrogens (tertiary/aromatic N) is 2. The summed E-state index contributed by atoms with van der Waals surface area (Å²) in [7, 11) is 4.71. The Labute approximate surface area is 179 Å². The lowest BCUT2D eigenvalue weighted by molar-refractivity contribution is 0.0914. The summed E-state index contributed by atoms with van der Waals surface area (Å²) in [6.07, 6.45) is 1.89. The number of anilines is 1. The fourth-order valence-corrected chi connectivity index (χ4v) is 4.53. The molecule has 1 aliphatic rings. The van der Waals surface area contributed by atoms with Crippen molar-refractivity contribution in [2.24, 2.45) is 0 Å². The van der Waals surface area contributed by atoms with Crippen LogP contribution in [0.3, 0.4) is 0 Å². The third kappa shape index (κ3) is 3.93. The van der Waals surface area contributed by atoms with Crippen molar-refractivity contribution in [3.63, 3.8) is 0 Å². The number of ether oxygens (including phenoxy) is 4. The van der Waals surface area contributed by atoms with Gasteiger partial charge in [0.1, 0.15) is 5.75 Å². The Hall–Kier alpha value is -2.84. The van der Waals surface area contributed by atoms with E-state index in [1.807, 2.05) is 18.2 Å². The van der Waals surface area contributed by atoms with Gasteiger partial charge in [-0.25, -0.2) is 4.98 Å². The van der Waals surface area contributed by atoms with Gasteiger partial charge in [0.15, 0.2) is 16.6 Å². The second kappa shape index (κ2) is 8.89. The van der Waals surface area contributed by atoms with E-state index >= 15 is 0 Å². The molecule has 0 bridgehead atoms. The quantitative estimate of drug-likeness (QED) is 0.563. The first-order chi connectivity index (χ1) is 14.6. The number of thiazole rings is 1. The van der Waals surface area contributed by atoms with Gasteiger partial charge in [-0.3, -0.25) is 9.69 Å². The van der Waals surface area contributed by atoms with Crippen LogP contribution in [0.15, 0.2) is 36.4 Å². The van der Waals surface area contributed by atoms with E-state index in [2.05, 4.69) is 0 Å². The number of fused-ring (bicyclic) bond motifs is 1. The van der Waals surface area contributed by atoms with Crippen LogP contribution in [0.4, 0.5) is 5.13 Å². The average Bonchev–Trinajstić information content (AvgIpc) is 3.45. The van der Waals surface area contributed by atoms with E-state index < -0.39 is 0 Å². The Morgan fingerprint density at radius 3 is 2.77 bits per heavy atom. The highest BCUT2D eigenvalue weighted by Gasteiger charge is 2.29. The molecule has 1 atom stereocenters. The van der Waals surface area contributed by atoms with Crippen molar-refractivity contribution in [3.8, 4) is 17.2 Å². The van der Waals surface area contributed by atoms with Crippen LogP contribution in [0.2, 0.25) is 0 Å². The number of para-hydroxylation sites is 1. The maximum atomic E-state index is 13.7. The van der Waals surface area contributed by atoms with Crippen LogP contribution in [0, 0.1) is 0 Å². The van der Waals surface area contributed by atoms with Crippen LogP contribution in [0.25, 0.3) is 10.2 Å². The molecule has 8 heteroatoms. The van der Waals surface area contributed by atoms with Crippen LogP contribution in [-0.2, 0) is 4.74 Å². The second-order valence-corrected chi connectivity index (χ2v) is 7.93. The molecule has 1 aliphatic heterocycles. The number of hydrogen-bond donors (Lipinski definition) is 0. The molecule has 1 saturated heterocycles. The minimum atomic E-state index is -0.202. The normalized spacial score (nSPS) is 15.9. The SMILES string of the molecule is COc1ccc2sc(N(CC3CCCO3)C(=O)c3cccc(OC)c3OC)nc2c1. The molecule has 2 heterocycles. The summed E-state index contributed by atoms with van der Waals surface area (Å²) in [6.45, 7) is 1.14. The third-order valence-corrected chi connectivity index (χ3v) is 6.16. The highest BCUT2D eigenvalue weighted by atomic mass is 32.1. The van der Waals surface area contributed by atoms with Gasteiger partial charge in [-0.15, -0.1) is 0 Å². The maximum absolute atomic E-state index is 13.7. The van der Waals surface area contributed by atoms with Crippen LogP contribution in [-0.4, -0.2) is 51.5 Å². The molecule has 0 N–H and O–H groups in total. The molecule has 0 spiro atoms. The standard InChI is InChI=1S/C22H24N2O5S/c1-26-14-9-10-19-17(12-14)23-22(30-19)24(13-15-6-5-11-29-15)21(25)16-7-4-8-18(27-2)20(16)28-3/h4,7-10,12,15H,5-6,11,13H2,1-3H3. The van der Waals surface area contributed by atoms with Crippen molar-refractivity contribution in [3.05, 3.63) is 42.0 Å². The fourth-order valence-electron chi connectivity index (χ4n) is 3.58. The van der Waals surface area contributed by atoms with E-state index in [1.165, 1.54) is 18.4 Å². The zero-order valence-electron chi connectivity index (χ0n) is 17.2. The summed E-state index contributed by atoms with van der Waals surface area (Å²) in [6, 6.07) is 11.0. The van der Waals surface area contributed by atoms with Crippen molar-refractivity contribution in [1.82, 2.24) is 4.98 Å². The zero-order valence-corrected chi connectivity index (χ0v) is 18.0. The predicted molar refractivity (Wildman–Crippen MR) is 116 cm³/mol. The molecule has 30 heavy (non-hydrogen) atoms. The molecule has 1 amide bonds. The lowest BCUT2D eigenvalue weighted by Gasteiger charge is -2.24. The second-order valence-electron chi connectivity index (χ2n) is 6.92. The third-order valence-electron chi connectivity index (χ3n) is 5.10. The van der Waals surface area contributed by atoms with Gasteiger partial charge >= 0.3 is 0 Å². The Bertz CT molecular complexity index is 1050. The van der Waals surface area contributed by atoms with Crippen molar-refractivity contribution in [1.29, 1.82) is 0 Å². The van der Waals surface area contributed by atoms with Crippen molar-refractivity contribution >= 4 is 32.6 Å². The summed E-state index contributed by atoms with van der Waals surface area (Å²) >= 11 is 1.47. The highest BCUT2D eigenvalue weighted by molar-refractivity contribution is 7.22. The molecule has 1 aromatic heterocycles.